The summed E-state index contributed by atoms with van der Waals surface area (Å²) in [7, 11) is 0. The van der Waals surface area contributed by atoms with E-state index in [-0.39, 0.29) is 12.3 Å². The van der Waals surface area contributed by atoms with Crippen LogP contribution in [0.2, 0.25) is 0 Å². The van der Waals surface area contributed by atoms with Crippen LogP contribution >= 0.6 is 0 Å². The minimum Gasteiger partial charge on any atom is -0.494 e. The summed E-state index contributed by atoms with van der Waals surface area (Å²) >= 11 is 0. The van der Waals surface area contributed by atoms with Gasteiger partial charge in [-0.3, -0.25) is 4.79 Å². The Kier molecular flexibility index (Phi) is 7.91. The molecule has 0 radical (unpaired) electrons. The number of benzene rings is 1. The maximum absolute atomic E-state index is 10.9. The number of ether oxygens (including phenoxy) is 1. The van der Waals surface area contributed by atoms with Crippen molar-refractivity contribution in [3.8, 4) is 22.7 Å². The molecule has 1 aliphatic rings. The summed E-state index contributed by atoms with van der Waals surface area (Å²) in [5.41, 5.74) is 4.35. The van der Waals surface area contributed by atoms with E-state index in [0.717, 1.165) is 59.0 Å². The number of aryl methyl sites for hydroxylation is 1. The Labute approximate surface area is 207 Å². The monoisotopic (exact) mass is 474 g/mol. The molecule has 1 N–H and O–H groups in total. The molecule has 1 unspecified atom stereocenters. The Hall–Kier alpha value is -3.54. The third kappa shape index (κ3) is 6.32. The minimum absolute atomic E-state index is 0.154. The summed E-state index contributed by atoms with van der Waals surface area (Å²) < 4.78 is 13.9. The van der Waals surface area contributed by atoms with Gasteiger partial charge in [0.05, 0.1) is 19.4 Å². The van der Waals surface area contributed by atoms with Gasteiger partial charge in [0.15, 0.2) is 0 Å². The summed E-state index contributed by atoms with van der Waals surface area (Å²) in [4.78, 5) is 15.6. The lowest BCUT2D eigenvalue weighted by Gasteiger charge is -2.22. The predicted octanol–water partition coefficient (Wildman–Crippen LogP) is 6.88. The quantitative estimate of drug-likeness (QED) is 0.307. The summed E-state index contributed by atoms with van der Waals surface area (Å²) in [6.45, 7) is 7.55. The molecular formula is C29H34N2O4. The molecule has 0 saturated heterocycles. The molecule has 1 aliphatic carbocycles. The van der Waals surface area contributed by atoms with Gasteiger partial charge in [0.25, 0.3) is 0 Å². The SMILES string of the molecule is Cc1cnc(-c2ccc(-c3ccco3)cc2)n1CC1=CC(C)CC=C1OCCC[C@@H](C)CC(=O)O. The van der Waals surface area contributed by atoms with Crippen molar-refractivity contribution in [1.29, 1.82) is 0 Å². The van der Waals surface area contributed by atoms with Gasteiger partial charge in [-0.05, 0) is 56.2 Å². The summed E-state index contributed by atoms with van der Waals surface area (Å²) in [5.74, 6) is 2.57. The fourth-order valence-electron chi connectivity index (χ4n) is 4.50. The molecule has 2 heterocycles. The highest BCUT2D eigenvalue weighted by atomic mass is 16.5. The first-order chi connectivity index (χ1) is 16.9. The number of furan rings is 1. The van der Waals surface area contributed by atoms with Crippen molar-refractivity contribution in [1.82, 2.24) is 9.55 Å². The van der Waals surface area contributed by atoms with Crippen LogP contribution in [0.4, 0.5) is 0 Å². The Bertz CT molecular complexity index is 1190. The first-order valence-corrected chi connectivity index (χ1v) is 12.3. The van der Waals surface area contributed by atoms with E-state index in [1.807, 2.05) is 25.3 Å². The molecule has 35 heavy (non-hydrogen) atoms. The van der Waals surface area contributed by atoms with Gasteiger partial charge in [-0.1, -0.05) is 44.2 Å². The van der Waals surface area contributed by atoms with Gasteiger partial charge < -0.3 is 18.8 Å². The van der Waals surface area contributed by atoms with Crippen LogP contribution in [0.5, 0.6) is 0 Å². The number of imidazole rings is 1. The highest BCUT2D eigenvalue weighted by Gasteiger charge is 2.18. The number of aliphatic carboxylic acids is 1. The molecule has 6 nitrogen and oxygen atoms in total. The Morgan fingerprint density at radius 3 is 2.74 bits per heavy atom. The number of hydrogen-bond donors (Lipinski definition) is 1. The molecule has 0 amide bonds. The van der Waals surface area contributed by atoms with E-state index in [4.69, 9.17) is 19.2 Å². The molecule has 0 aliphatic heterocycles. The number of carboxylic acids is 1. The van der Waals surface area contributed by atoms with E-state index in [9.17, 15) is 4.79 Å². The highest BCUT2D eigenvalue weighted by molar-refractivity contribution is 5.67. The Morgan fingerprint density at radius 1 is 1.26 bits per heavy atom. The lowest BCUT2D eigenvalue weighted by Crippen LogP contribution is -2.13. The average molecular weight is 475 g/mol. The number of carbonyl (C=O) groups is 1. The molecule has 1 aromatic carbocycles. The Morgan fingerprint density at radius 2 is 2.03 bits per heavy atom. The lowest BCUT2D eigenvalue weighted by atomic mass is 9.96. The molecule has 4 rings (SSSR count). The predicted molar refractivity (Wildman–Crippen MR) is 137 cm³/mol. The number of hydrogen-bond acceptors (Lipinski definition) is 4. The smallest absolute Gasteiger partial charge is 0.303 e. The second-order valence-electron chi connectivity index (χ2n) is 9.53. The van der Waals surface area contributed by atoms with Gasteiger partial charge in [-0.25, -0.2) is 4.98 Å². The fraction of sp³-hybridized carbons (Fsp3) is 0.379. The van der Waals surface area contributed by atoms with Crippen molar-refractivity contribution in [2.75, 3.05) is 6.61 Å². The minimum atomic E-state index is -0.741. The van der Waals surface area contributed by atoms with E-state index < -0.39 is 5.97 Å². The zero-order valence-corrected chi connectivity index (χ0v) is 20.7. The zero-order valence-electron chi connectivity index (χ0n) is 20.7. The van der Waals surface area contributed by atoms with Crippen LogP contribution in [0.3, 0.4) is 0 Å². The van der Waals surface area contributed by atoms with E-state index in [0.29, 0.717) is 19.1 Å². The van der Waals surface area contributed by atoms with E-state index >= 15 is 0 Å². The van der Waals surface area contributed by atoms with Crippen molar-refractivity contribution in [3.63, 3.8) is 0 Å². The van der Waals surface area contributed by atoms with E-state index in [1.165, 1.54) is 0 Å². The number of rotatable bonds is 11. The second kappa shape index (κ2) is 11.3. The fourth-order valence-corrected chi connectivity index (χ4v) is 4.50. The summed E-state index contributed by atoms with van der Waals surface area (Å²) in [6.07, 6.45) is 10.9. The maximum atomic E-state index is 10.9. The number of carboxylic acid groups (broad SMARTS) is 1. The normalized spacial score (nSPS) is 16.5. The molecule has 0 spiro atoms. The number of nitrogens with zero attached hydrogens (tertiary/aromatic N) is 2. The van der Waals surface area contributed by atoms with Crippen LogP contribution < -0.4 is 0 Å². The number of aromatic nitrogens is 2. The summed E-state index contributed by atoms with van der Waals surface area (Å²) in [5, 5.41) is 8.95. The molecule has 6 heteroatoms. The van der Waals surface area contributed by atoms with Gasteiger partial charge in [-0.15, -0.1) is 0 Å². The van der Waals surface area contributed by atoms with Gasteiger partial charge in [-0.2, -0.15) is 0 Å². The van der Waals surface area contributed by atoms with Gasteiger partial charge >= 0.3 is 5.97 Å². The molecule has 0 fully saturated rings. The second-order valence-corrected chi connectivity index (χ2v) is 9.53. The third-order valence-electron chi connectivity index (χ3n) is 6.43. The topological polar surface area (TPSA) is 77.5 Å². The van der Waals surface area contributed by atoms with Crippen LogP contribution in [0.1, 0.15) is 45.2 Å². The van der Waals surface area contributed by atoms with Crippen molar-refractivity contribution < 1.29 is 19.1 Å². The third-order valence-corrected chi connectivity index (χ3v) is 6.43. The van der Waals surface area contributed by atoms with Crippen molar-refractivity contribution in [2.45, 2.75) is 53.0 Å². The van der Waals surface area contributed by atoms with Gasteiger partial charge in [0.2, 0.25) is 0 Å². The van der Waals surface area contributed by atoms with Crippen LogP contribution in [-0.2, 0) is 16.1 Å². The first-order valence-electron chi connectivity index (χ1n) is 12.3. The van der Waals surface area contributed by atoms with Crippen molar-refractivity contribution in [3.05, 3.63) is 78.0 Å². The maximum Gasteiger partial charge on any atom is 0.303 e. The van der Waals surface area contributed by atoms with Gasteiger partial charge in [0, 0.05) is 35.0 Å². The molecule has 2 atom stereocenters. The van der Waals surface area contributed by atoms with Crippen LogP contribution in [0.25, 0.3) is 22.7 Å². The highest BCUT2D eigenvalue weighted by Crippen LogP contribution is 2.30. The van der Waals surface area contributed by atoms with Crippen LogP contribution in [0.15, 0.2) is 76.8 Å². The molecule has 0 bridgehead atoms. The molecular weight excluding hydrogens is 440 g/mol. The van der Waals surface area contributed by atoms with Crippen molar-refractivity contribution in [2.24, 2.45) is 11.8 Å². The van der Waals surface area contributed by atoms with Crippen molar-refractivity contribution >= 4 is 5.97 Å². The van der Waals surface area contributed by atoms with Crippen LogP contribution in [-0.4, -0.2) is 27.2 Å². The lowest BCUT2D eigenvalue weighted by molar-refractivity contribution is -0.138. The summed E-state index contributed by atoms with van der Waals surface area (Å²) in [6, 6.07) is 12.1. The van der Waals surface area contributed by atoms with Gasteiger partial charge in [0.1, 0.15) is 17.3 Å². The molecule has 0 saturated carbocycles. The Balaban J connectivity index is 1.45. The molecule has 3 aromatic rings. The standard InChI is InChI=1S/C29H34N2O4/c1-20(17-28(32)33)6-4-14-35-27-13-8-21(2)16-25(27)19-31-22(3)18-30-29(31)24-11-9-23(10-12-24)26-7-5-15-34-26/h5,7,9-13,15-16,18,20-21H,4,6,8,14,17,19H2,1-3H3,(H,32,33)/t20-,21?/m1/s1. The van der Waals surface area contributed by atoms with E-state index in [1.54, 1.807) is 6.26 Å². The zero-order chi connectivity index (χ0) is 24.8. The van der Waals surface area contributed by atoms with E-state index in [2.05, 4.69) is 54.8 Å². The number of allylic oxidation sites excluding steroid dienone is 3. The molecule has 184 valence electrons. The first kappa shape index (κ1) is 24.6. The molecule has 2 aromatic heterocycles. The average Bonchev–Trinajstić information content (AvgIpc) is 3.48. The van der Waals surface area contributed by atoms with Crippen LogP contribution in [0, 0.1) is 18.8 Å². The largest absolute Gasteiger partial charge is 0.494 e.